The van der Waals surface area contributed by atoms with E-state index < -0.39 is 10.0 Å². The lowest BCUT2D eigenvalue weighted by molar-refractivity contribution is -0.121. The van der Waals surface area contributed by atoms with Gasteiger partial charge in [0.1, 0.15) is 10.5 Å². The fraction of sp³-hybridized carbons (Fsp3) is 0.500. The molecule has 3 heterocycles. The van der Waals surface area contributed by atoms with E-state index in [9.17, 15) is 13.2 Å². The van der Waals surface area contributed by atoms with E-state index in [2.05, 4.69) is 15.3 Å². The number of carbonyl (C=O) groups is 1. The van der Waals surface area contributed by atoms with Crippen LogP contribution in [0.4, 0.5) is 0 Å². The smallest absolute Gasteiger partial charge is 0.245 e. The summed E-state index contributed by atoms with van der Waals surface area (Å²) in [7, 11) is -3.78. The van der Waals surface area contributed by atoms with E-state index in [1.165, 1.54) is 16.7 Å². The average molecular weight is 436 g/mol. The zero-order valence-electron chi connectivity index (χ0n) is 14.7. The molecular weight excluding hydrogens is 413 g/mol. The van der Waals surface area contributed by atoms with Crippen LogP contribution in [0.2, 0.25) is 5.02 Å². The Morgan fingerprint density at radius 2 is 2.22 bits per heavy atom. The number of aromatic nitrogens is 2. The van der Waals surface area contributed by atoms with Gasteiger partial charge in [-0.25, -0.2) is 13.4 Å². The van der Waals surface area contributed by atoms with Gasteiger partial charge in [0, 0.05) is 44.5 Å². The monoisotopic (exact) mass is 435 g/mol. The molecule has 1 unspecified atom stereocenters. The maximum Gasteiger partial charge on any atom is 0.245 e. The number of piperidine rings is 1. The van der Waals surface area contributed by atoms with Gasteiger partial charge in [0.05, 0.1) is 10.4 Å². The van der Waals surface area contributed by atoms with Crippen LogP contribution in [0, 0.1) is 0 Å². The minimum absolute atomic E-state index is 0. The number of hydrogen-bond acceptors (Lipinski definition) is 5. The fourth-order valence-corrected chi connectivity index (χ4v) is 5.43. The van der Waals surface area contributed by atoms with Crippen molar-refractivity contribution in [1.29, 1.82) is 0 Å². The van der Waals surface area contributed by atoms with Gasteiger partial charge in [0.25, 0.3) is 0 Å². The number of carbonyl (C=O) groups excluding carboxylic acids is 1. The van der Waals surface area contributed by atoms with E-state index in [4.69, 9.17) is 17.3 Å². The third-order valence-electron chi connectivity index (χ3n) is 4.55. The van der Waals surface area contributed by atoms with Gasteiger partial charge < -0.3 is 16.0 Å². The molecule has 0 radical (unpaired) electrons. The first-order valence-corrected chi connectivity index (χ1v) is 10.4. The standard InChI is InChI=1S/C16H22ClN5O3S.ClH/c17-12-5-7-19-16-15(12)13(10-21-16)26(24,25)22-8-2-1-3-11(22)9-20-14(23)4-6-18;/h5,7,10-11H,1-4,6,8-9,18H2,(H,19,21)(H,20,23);1H. The molecule has 11 heteroatoms. The Hall–Kier alpha value is -1.39. The predicted octanol–water partition coefficient (Wildman–Crippen LogP) is 1.65. The highest BCUT2D eigenvalue weighted by atomic mass is 35.5. The molecular formula is C16H23Cl2N5O3S. The van der Waals surface area contributed by atoms with Gasteiger partial charge in [-0.1, -0.05) is 18.0 Å². The first-order valence-electron chi connectivity index (χ1n) is 8.55. The number of H-pyrrole nitrogens is 1. The number of rotatable bonds is 6. The molecule has 8 nitrogen and oxygen atoms in total. The van der Waals surface area contributed by atoms with Crippen molar-refractivity contribution < 1.29 is 13.2 Å². The third-order valence-corrected chi connectivity index (χ3v) is 6.84. The first-order chi connectivity index (χ1) is 12.4. The van der Waals surface area contributed by atoms with Crippen molar-refractivity contribution in [1.82, 2.24) is 19.6 Å². The van der Waals surface area contributed by atoms with Crippen molar-refractivity contribution in [3.8, 4) is 0 Å². The highest BCUT2D eigenvalue weighted by Crippen LogP contribution is 2.32. The third kappa shape index (κ3) is 4.55. The van der Waals surface area contributed by atoms with E-state index in [1.807, 2.05) is 0 Å². The van der Waals surface area contributed by atoms with Gasteiger partial charge in [-0.15, -0.1) is 12.4 Å². The largest absolute Gasteiger partial charge is 0.354 e. The van der Waals surface area contributed by atoms with Crippen molar-refractivity contribution >= 4 is 51.0 Å². The number of sulfonamides is 1. The molecule has 0 aromatic carbocycles. The molecule has 1 aliphatic rings. The Kier molecular flexibility index (Phi) is 7.47. The zero-order valence-corrected chi connectivity index (χ0v) is 17.0. The molecule has 0 bridgehead atoms. The summed E-state index contributed by atoms with van der Waals surface area (Å²) in [6, 6.07) is 1.27. The molecule has 1 fully saturated rings. The summed E-state index contributed by atoms with van der Waals surface area (Å²) in [6.07, 6.45) is 5.56. The van der Waals surface area contributed by atoms with E-state index in [1.54, 1.807) is 6.07 Å². The topological polar surface area (TPSA) is 121 Å². The second-order valence-electron chi connectivity index (χ2n) is 6.28. The number of nitrogens with one attached hydrogen (secondary N) is 2. The van der Waals surface area contributed by atoms with E-state index in [0.29, 0.717) is 29.0 Å². The maximum absolute atomic E-state index is 13.3. The molecule has 1 saturated heterocycles. The van der Waals surface area contributed by atoms with Crippen LogP contribution in [0.5, 0.6) is 0 Å². The highest BCUT2D eigenvalue weighted by molar-refractivity contribution is 7.89. The fourth-order valence-electron chi connectivity index (χ4n) is 3.26. The Labute approximate surface area is 169 Å². The van der Waals surface area contributed by atoms with Gasteiger partial charge in [-0.05, 0) is 18.9 Å². The maximum atomic E-state index is 13.3. The number of fused-ring (bicyclic) bond motifs is 1. The van der Waals surface area contributed by atoms with Crippen LogP contribution >= 0.6 is 24.0 Å². The van der Waals surface area contributed by atoms with Crippen LogP contribution in [-0.2, 0) is 14.8 Å². The normalized spacial score (nSPS) is 18.2. The summed E-state index contributed by atoms with van der Waals surface area (Å²) in [5.41, 5.74) is 5.81. The SMILES string of the molecule is Cl.NCCC(=O)NCC1CCCCN1S(=O)(=O)c1c[nH]c2nccc(Cl)c12. The van der Waals surface area contributed by atoms with Crippen LogP contribution in [0.3, 0.4) is 0 Å². The van der Waals surface area contributed by atoms with E-state index in [-0.39, 0.29) is 48.8 Å². The van der Waals surface area contributed by atoms with Crippen LogP contribution < -0.4 is 11.1 Å². The van der Waals surface area contributed by atoms with Crippen molar-refractivity contribution in [3.05, 3.63) is 23.5 Å². The number of aromatic amines is 1. The molecule has 1 amide bonds. The molecule has 0 aliphatic carbocycles. The van der Waals surface area contributed by atoms with Crippen LogP contribution in [-0.4, -0.2) is 54.3 Å². The minimum Gasteiger partial charge on any atom is -0.354 e. The van der Waals surface area contributed by atoms with Crippen LogP contribution in [0.1, 0.15) is 25.7 Å². The number of nitrogens with two attached hydrogens (primary N) is 1. The van der Waals surface area contributed by atoms with Gasteiger partial charge in [-0.3, -0.25) is 4.79 Å². The summed E-state index contributed by atoms with van der Waals surface area (Å²) >= 11 is 6.21. The number of pyridine rings is 1. The lowest BCUT2D eigenvalue weighted by Gasteiger charge is -2.34. The van der Waals surface area contributed by atoms with Gasteiger partial charge in [0.15, 0.2) is 0 Å². The molecule has 150 valence electrons. The molecule has 3 rings (SSSR count). The summed E-state index contributed by atoms with van der Waals surface area (Å²) in [6.45, 7) is 0.941. The zero-order chi connectivity index (χ0) is 18.7. The van der Waals surface area contributed by atoms with E-state index >= 15 is 0 Å². The number of halogens is 2. The first kappa shape index (κ1) is 21.9. The molecule has 27 heavy (non-hydrogen) atoms. The van der Waals surface area contributed by atoms with Gasteiger partial charge >= 0.3 is 0 Å². The molecule has 1 aliphatic heterocycles. The summed E-state index contributed by atoms with van der Waals surface area (Å²) in [4.78, 5) is 18.8. The molecule has 4 N–H and O–H groups in total. The second kappa shape index (κ2) is 9.20. The van der Waals surface area contributed by atoms with E-state index in [0.717, 1.165) is 12.8 Å². The lowest BCUT2D eigenvalue weighted by Crippen LogP contribution is -2.49. The van der Waals surface area contributed by atoms with Crippen LogP contribution in [0.25, 0.3) is 11.0 Å². The average Bonchev–Trinajstić information content (AvgIpc) is 3.07. The molecule has 0 spiro atoms. The quantitative estimate of drug-likeness (QED) is 0.636. The lowest BCUT2D eigenvalue weighted by atomic mass is 10.1. The van der Waals surface area contributed by atoms with Crippen molar-refractivity contribution in [3.63, 3.8) is 0 Å². The Morgan fingerprint density at radius 1 is 1.44 bits per heavy atom. The number of amides is 1. The molecule has 2 aromatic rings. The summed E-state index contributed by atoms with van der Waals surface area (Å²) in [5, 5.41) is 3.51. The number of nitrogens with zero attached hydrogens (tertiary/aromatic N) is 2. The molecule has 0 saturated carbocycles. The van der Waals surface area contributed by atoms with Crippen molar-refractivity contribution in [2.24, 2.45) is 5.73 Å². The molecule has 2 aromatic heterocycles. The van der Waals surface area contributed by atoms with Crippen molar-refractivity contribution in [2.75, 3.05) is 19.6 Å². The number of hydrogen-bond donors (Lipinski definition) is 3. The Balaban J connectivity index is 0.00000261. The minimum atomic E-state index is -3.78. The second-order valence-corrected chi connectivity index (χ2v) is 8.54. The highest BCUT2D eigenvalue weighted by Gasteiger charge is 2.35. The van der Waals surface area contributed by atoms with Crippen LogP contribution in [0.15, 0.2) is 23.4 Å². The van der Waals surface area contributed by atoms with Gasteiger partial charge in [-0.2, -0.15) is 4.31 Å². The Morgan fingerprint density at radius 3 is 2.96 bits per heavy atom. The molecule has 1 atom stereocenters. The summed E-state index contributed by atoms with van der Waals surface area (Å²) in [5.74, 6) is -0.172. The van der Waals surface area contributed by atoms with Gasteiger partial charge in [0.2, 0.25) is 15.9 Å². The van der Waals surface area contributed by atoms with Crippen molar-refractivity contribution in [2.45, 2.75) is 36.6 Å². The Bertz CT molecular complexity index is 903. The summed E-state index contributed by atoms with van der Waals surface area (Å²) < 4.78 is 28.0. The predicted molar refractivity (Wildman–Crippen MR) is 107 cm³/mol.